The molecule has 1 heterocycles. The van der Waals surface area contributed by atoms with Crippen LogP contribution in [0.25, 0.3) is 0 Å². The third-order valence-corrected chi connectivity index (χ3v) is 3.42. The van der Waals surface area contributed by atoms with Crippen molar-refractivity contribution < 1.29 is 13.9 Å². The summed E-state index contributed by atoms with van der Waals surface area (Å²) in [6, 6.07) is 5.91. The SMILES string of the molecule is CN(CCN1CCOCC1)CC(=O)Nc1cccc(F)c1. The molecule has 1 saturated heterocycles. The van der Waals surface area contributed by atoms with Gasteiger partial charge in [0.1, 0.15) is 5.82 Å². The molecule has 0 atom stereocenters. The second kappa shape index (κ2) is 8.07. The van der Waals surface area contributed by atoms with Crippen LogP contribution < -0.4 is 5.32 Å². The second-order valence-electron chi connectivity index (χ2n) is 5.25. The molecule has 1 aliphatic heterocycles. The predicted octanol–water partition coefficient (Wildman–Crippen LogP) is 1.03. The van der Waals surface area contributed by atoms with E-state index in [9.17, 15) is 9.18 Å². The van der Waals surface area contributed by atoms with Gasteiger partial charge in [-0.1, -0.05) is 6.07 Å². The van der Waals surface area contributed by atoms with Crippen LogP contribution in [0.4, 0.5) is 10.1 Å². The van der Waals surface area contributed by atoms with E-state index in [2.05, 4.69) is 10.2 Å². The van der Waals surface area contributed by atoms with Crippen molar-refractivity contribution in [3.05, 3.63) is 30.1 Å². The minimum absolute atomic E-state index is 0.134. The van der Waals surface area contributed by atoms with Gasteiger partial charge in [-0.2, -0.15) is 0 Å². The van der Waals surface area contributed by atoms with E-state index in [-0.39, 0.29) is 11.7 Å². The van der Waals surface area contributed by atoms with E-state index in [0.29, 0.717) is 12.2 Å². The zero-order chi connectivity index (χ0) is 15.1. The first-order valence-electron chi connectivity index (χ1n) is 7.17. The Labute approximate surface area is 124 Å². The topological polar surface area (TPSA) is 44.8 Å². The van der Waals surface area contributed by atoms with Gasteiger partial charge in [0.05, 0.1) is 19.8 Å². The first-order valence-corrected chi connectivity index (χ1v) is 7.17. The number of benzene rings is 1. The quantitative estimate of drug-likeness (QED) is 0.851. The molecule has 116 valence electrons. The van der Waals surface area contributed by atoms with Crippen LogP contribution in [0.5, 0.6) is 0 Å². The van der Waals surface area contributed by atoms with Gasteiger partial charge in [0.2, 0.25) is 5.91 Å². The Morgan fingerprint density at radius 3 is 2.90 bits per heavy atom. The Morgan fingerprint density at radius 2 is 2.19 bits per heavy atom. The summed E-state index contributed by atoms with van der Waals surface area (Å²) in [4.78, 5) is 16.2. The number of amides is 1. The number of anilines is 1. The number of rotatable bonds is 6. The molecule has 1 fully saturated rings. The molecular weight excluding hydrogens is 273 g/mol. The number of carbonyl (C=O) groups excluding carboxylic acids is 1. The lowest BCUT2D eigenvalue weighted by atomic mass is 10.3. The van der Waals surface area contributed by atoms with E-state index in [1.54, 1.807) is 12.1 Å². The van der Waals surface area contributed by atoms with Crippen LogP contribution in [-0.2, 0) is 9.53 Å². The molecular formula is C15H22FN3O2. The number of hydrogen-bond donors (Lipinski definition) is 1. The lowest BCUT2D eigenvalue weighted by molar-refractivity contribution is -0.117. The van der Waals surface area contributed by atoms with Crippen molar-refractivity contribution >= 4 is 11.6 Å². The highest BCUT2D eigenvalue weighted by atomic mass is 19.1. The Morgan fingerprint density at radius 1 is 1.43 bits per heavy atom. The summed E-state index contributed by atoms with van der Waals surface area (Å²) < 4.78 is 18.3. The monoisotopic (exact) mass is 295 g/mol. The number of halogens is 1. The molecule has 0 unspecified atom stereocenters. The molecule has 1 amide bonds. The highest BCUT2D eigenvalue weighted by Gasteiger charge is 2.12. The zero-order valence-corrected chi connectivity index (χ0v) is 12.3. The van der Waals surface area contributed by atoms with E-state index >= 15 is 0 Å². The van der Waals surface area contributed by atoms with Crippen molar-refractivity contribution in [2.24, 2.45) is 0 Å². The number of carbonyl (C=O) groups is 1. The van der Waals surface area contributed by atoms with Gasteiger partial charge in [-0.15, -0.1) is 0 Å². The highest BCUT2D eigenvalue weighted by Crippen LogP contribution is 2.08. The third-order valence-electron chi connectivity index (χ3n) is 3.42. The van der Waals surface area contributed by atoms with Crippen LogP contribution in [0.1, 0.15) is 0 Å². The normalized spacial score (nSPS) is 16.1. The summed E-state index contributed by atoms with van der Waals surface area (Å²) in [7, 11) is 1.91. The van der Waals surface area contributed by atoms with Gasteiger partial charge in [-0.3, -0.25) is 14.6 Å². The molecule has 21 heavy (non-hydrogen) atoms. The molecule has 5 nitrogen and oxygen atoms in total. The molecule has 1 aromatic rings. The molecule has 2 rings (SSSR count). The lowest BCUT2D eigenvalue weighted by Crippen LogP contribution is -2.42. The molecule has 0 radical (unpaired) electrons. The second-order valence-corrected chi connectivity index (χ2v) is 5.25. The maximum atomic E-state index is 13.0. The number of hydrogen-bond acceptors (Lipinski definition) is 4. The van der Waals surface area contributed by atoms with E-state index in [1.165, 1.54) is 12.1 Å². The van der Waals surface area contributed by atoms with Gasteiger partial charge in [0.15, 0.2) is 0 Å². The zero-order valence-electron chi connectivity index (χ0n) is 12.3. The number of morpholine rings is 1. The minimum Gasteiger partial charge on any atom is -0.379 e. The molecule has 1 aliphatic rings. The van der Waals surface area contributed by atoms with E-state index in [1.807, 2.05) is 11.9 Å². The molecule has 1 aromatic carbocycles. The van der Waals surface area contributed by atoms with Crippen molar-refractivity contribution in [1.82, 2.24) is 9.80 Å². The molecule has 0 saturated carbocycles. The standard InChI is InChI=1S/C15H22FN3O2/c1-18(5-6-19-7-9-21-10-8-19)12-15(20)17-14-4-2-3-13(16)11-14/h2-4,11H,5-10,12H2,1H3,(H,17,20). The molecule has 1 N–H and O–H groups in total. The average molecular weight is 295 g/mol. The van der Waals surface area contributed by atoms with E-state index < -0.39 is 0 Å². The largest absolute Gasteiger partial charge is 0.379 e. The lowest BCUT2D eigenvalue weighted by Gasteiger charge is -2.28. The Bertz CT molecular complexity index is 464. The van der Waals surface area contributed by atoms with Gasteiger partial charge >= 0.3 is 0 Å². The molecule has 0 spiro atoms. The summed E-state index contributed by atoms with van der Waals surface area (Å²) in [5.74, 6) is -0.487. The molecule has 6 heteroatoms. The van der Waals surface area contributed by atoms with Crippen molar-refractivity contribution in [1.29, 1.82) is 0 Å². The first kappa shape index (κ1) is 15.9. The molecule has 0 bridgehead atoms. The van der Waals surface area contributed by atoms with Crippen LogP contribution in [0.2, 0.25) is 0 Å². The van der Waals surface area contributed by atoms with Crippen LogP contribution >= 0.6 is 0 Å². The van der Waals surface area contributed by atoms with Gasteiger partial charge in [0.25, 0.3) is 0 Å². The smallest absolute Gasteiger partial charge is 0.238 e. The van der Waals surface area contributed by atoms with Crippen LogP contribution in [0, 0.1) is 5.82 Å². The summed E-state index contributed by atoms with van der Waals surface area (Å²) in [6.07, 6.45) is 0. The highest BCUT2D eigenvalue weighted by molar-refractivity contribution is 5.92. The summed E-state index contributed by atoms with van der Waals surface area (Å²) in [6.45, 7) is 5.49. The summed E-state index contributed by atoms with van der Waals surface area (Å²) in [5, 5.41) is 2.70. The molecule has 0 aromatic heterocycles. The third kappa shape index (κ3) is 5.79. The summed E-state index contributed by atoms with van der Waals surface area (Å²) in [5.41, 5.74) is 0.488. The van der Waals surface area contributed by atoms with Crippen molar-refractivity contribution in [2.45, 2.75) is 0 Å². The fourth-order valence-corrected chi connectivity index (χ4v) is 2.23. The van der Waals surface area contributed by atoms with Crippen molar-refractivity contribution in [3.8, 4) is 0 Å². The van der Waals surface area contributed by atoms with Crippen molar-refractivity contribution in [3.63, 3.8) is 0 Å². The van der Waals surface area contributed by atoms with Gasteiger partial charge in [-0.05, 0) is 25.2 Å². The van der Waals surface area contributed by atoms with E-state index in [4.69, 9.17) is 4.74 Å². The maximum absolute atomic E-state index is 13.0. The fraction of sp³-hybridized carbons (Fsp3) is 0.533. The predicted molar refractivity (Wildman–Crippen MR) is 79.8 cm³/mol. The number of likely N-dealkylation sites (N-methyl/N-ethyl adjacent to an activating group) is 1. The first-order chi connectivity index (χ1) is 10.1. The van der Waals surface area contributed by atoms with Crippen LogP contribution in [0.3, 0.4) is 0 Å². The number of nitrogens with zero attached hydrogens (tertiary/aromatic N) is 2. The van der Waals surface area contributed by atoms with Gasteiger partial charge < -0.3 is 10.1 Å². The Kier molecular flexibility index (Phi) is 6.10. The molecule has 0 aliphatic carbocycles. The maximum Gasteiger partial charge on any atom is 0.238 e. The minimum atomic E-state index is -0.353. The van der Waals surface area contributed by atoms with E-state index in [0.717, 1.165) is 39.4 Å². The number of nitrogens with one attached hydrogen (secondary N) is 1. The van der Waals surface area contributed by atoms with Crippen molar-refractivity contribution in [2.75, 3.05) is 58.3 Å². The Hall–Kier alpha value is -1.50. The Balaban J connectivity index is 1.69. The van der Waals surface area contributed by atoms with Gasteiger partial charge in [0, 0.05) is 31.9 Å². The fourth-order valence-electron chi connectivity index (χ4n) is 2.23. The van der Waals surface area contributed by atoms with Gasteiger partial charge in [-0.25, -0.2) is 4.39 Å². The number of ether oxygens (including phenoxy) is 1. The van der Waals surface area contributed by atoms with Crippen LogP contribution in [-0.4, -0.2) is 68.7 Å². The average Bonchev–Trinajstić information content (AvgIpc) is 2.46. The summed E-state index contributed by atoms with van der Waals surface area (Å²) >= 11 is 0. The van der Waals surface area contributed by atoms with Crippen LogP contribution in [0.15, 0.2) is 24.3 Å².